The molecule has 1 aliphatic heterocycles. The molecule has 1 unspecified atom stereocenters. The number of carbonyl (C=O) groups is 2. The second-order valence-electron chi connectivity index (χ2n) is 12.6. The molecule has 3 aromatic rings. The van der Waals surface area contributed by atoms with Crippen molar-refractivity contribution in [2.24, 2.45) is 10.9 Å². The lowest BCUT2D eigenvalue weighted by atomic mass is 9.97. The summed E-state index contributed by atoms with van der Waals surface area (Å²) >= 11 is 0. The maximum absolute atomic E-state index is 13.2. The zero-order valence-corrected chi connectivity index (χ0v) is 27.7. The van der Waals surface area contributed by atoms with Crippen LogP contribution in [0.2, 0.25) is 0 Å². The van der Waals surface area contributed by atoms with E-state index in [1.165, 1.54) is 21.0 Å². The molecule has 0 amide bonds. The minimum atomic E-state index is -1.57. The lowest BCUT2D eigenvalue weighted by molar-refractivity contribution is -0.812. The third kappa shape index (κ3) is 7.50. The van der Waals surface area contributed by atoms with E-state index in [0.29, 0.717) is 24.5 Å². The Morgan fingerprint density at radius 3 is 2.39 bits per heavy atom. The molecule has 4 atom stereocenters. The van der Waals surface area contributed by atoms with Gasteiger partial charge < -0.3 is 24.5 Å². The largest absolute Gasteiger partial charge is 0.474 e. The van der Waals surface area contributed by atoms with E-state index in [4.69, 9.17) is 19.3 Å². The standard InChI is InChI=1S/C33H39N7O9/c1-5-8-27-34-29(33(2,3)44)28(31(41)42)40(27,15-16-48-32(43)22-17-25(47-4)26(18-22)49-39(45)46)19-20-11-13-21(14-12-20)23-9-6-7-10-24(23)30-35-37-38-36-30/h6-7,9-14,22,25-26,44H,5,8,15-19H2,1-4H3,(H-,35,36,37,38,41,42)/p+1/t22-,25+,26+,40?/m1/s1. The molecule has 3 N–H and O–H groups in total. The fourth-order valence-corrected chi connectivity index (χ4v) is 6.65. The number of aliphatic carboxylic acids is 1. The van der Waals surface area contributed by atoms with Crippen molar-refractivity contribution in [1.82, 2.24) is 20.6 Å². The molecule has 0 spiro atoms. The average Bonchev–Trinajstić information content (AvgIpc) is 3.80. The van der Waals surface area contributed by atoms with Crippen LogP contribution in [0.25, 0.3) is 22.5 Å². The number of ether oxygens (including phenoxy) is 2. The molecular formula is C33H40N7O9+. The van der Waals surface area contributed by atoms with E-state index in [1.807, 2.05) is 55.5 Å². The number of methoxy groups -OCH3 is 1. The molecule has 5 rings (SSSR count). The monoisotopic (exact) mass is 678 g/mol. The number of rotatable bonds is 15. The molecule has 16 heteroatoms. The van der Waals surface area contributed by atoms with Crippen LogP contribution in [0.1, 0.15) is 52.0 Å². The van der Waals surface area contributed by atoms with Crippen LogP contribution >= 0.6 is 0 Å². The summed E-state index contributed by atoms with van der Waals surface area (Å²) in [6.45, 7) is 4.92. The van der Waals surface area contributed by atoms with Gasteiger partial charge in [0.1, 0.15) is 37.1 Å². The number of hydrogen-bond donors (Lipinski definition) is 3. The highest BCUT2D eigenvalue weighted by Gasteiger charge is 2.52. The lowest BCUT2D eigenvalue weighted by Crippen LogP contribution is -2.53. The van der Waals surface area contributed by atoms with E-state index in [1.54, 1.807) is 0 Å². The number of quaternary nitrogens is 1. The average molecular weight is 679 g/mol. The molecule has 1 aliphatic carbocycles. The number of carboxylic acid groups (broad SMARTS) is 1. The minimum Gasteiger partial charge on any atom is -0.474 e. The second kappa shape index (κ2) is 14.6. The molecule has 1 saturated carbocycles. The highest BCUT2D eigenvalue weighted by Crippen LogP contribution is 2.40. The van der Waals surface area contributed by atoms with Crippen molar-refractivity contribution in [3.63, 3.8) is 0 Å². The summed E-state index contributed by atoms with van der Waals surface area (Å²) in [6, 6.07) is 15.3. The first kappa shape index (κ1) is 35.3. The maximum Gasteiger partial charge on any atom is 0.393 e. The molecular weight excluding hydrogens is 638 g/mol. The summed E-state index contributed by atoms with van der Waals surface area (Å²) in [4.78, 5) is 46.6. The van der Waals surface area contributed by atoms with Crippen LogP contribution < -0.4 is 0 Å². The Hall–Kier alpha value is -5.06. The fourth-order valence-electron chi connectivity index (χ4n) is 6.65. The third-order valence-electron chi connectivity index (χ3n) is 8.90. The van der Waals surface area contributed by atoms with Crippen LogP contribution in [-0.4, -0.2) is 96.3 Å². The quantitative estimate of drug-likeness (QED) is 0.0909. The lowest BCUT2D eigenvalue weighted by Gasteiger charge is -2.35. The van der Waals surface area contributed by atoms with Gasteiger partial charge in [-0.3, -0.25) is 4.79 Å². The van der Waals surface area contributed by atoms with Gasteiger partial charge in [0.25, 0.3) is 5.09 Å². The van der Waals surface area contributed by atoms with E-state index in [0.717, 1.165) is 22.3 Å². The van der Waals surface area contributed by atoms with Crippen LogP contribution in [0.4, 0.5) is 0 Å². The van der Waals surface area contributed by atoms with Crippen molar-refractivity contribution in [3.8, 4) is 22.5 Å². The van der Waals surface area contributed by atoms with Crippen molar-refractivity contribution >= 4 is 17.8 Å². The molecule has 2 aromatic carbocycles. The number of nitrogens with one attached hydrogen (secondary N) is 1. The molecule has 0 bridgehead atoms. The highest BCUT2D eigenvalue weighted by molar-refractivity contribution is 5.93. The number of aromatic nitrogens is 4. The summed E-state index contributed by atoms with van der Waals surface area (Å²) in [5, 5.41) is 46.1. The van der Waals surface area contributed by atoms with Crippen molar-refractivity contribution in [3.05, 3.63) is 75.6 Å². The summed E-state index contributed by atoms with van der Waals surface area (Å²) in [6.07, 6.45) is -0.252. The Balaban J connectivity index is 1.45. The van der Waals surface area contributed by atoms with Gasteiger partial charge in [-0.05, 0) is 49.5 Å². The first-order chi connectivity index (χ1) is 23.4. The molecule has 260 valence electrons. The third-order valence-corrected chi connectivity index (χ3v) is 8.90. The molecule has 1 fully saturated rings. The van der Waals surface area contributed by atoms with E-state index in [9.17, 15) is 29.9 Å². The Bertz CT molecular complexity index is 1740. The number of esters is 1. The Morgan fingerprint density at radius 1 is 1.10 bits per heavy atom. The molecule has 16 nitrogen and oxygen atoms in total. The number of H-pyrrole nitrogens is 1. The number of tetrazole rings is 1. The van der Waals surface area contributed by atoms with Gasteiger partial charge in [-0.2, -0.15) is 10.2 Å². The van der Waals surface area contributed by atoms with Gasteiger partial charge in [-0.25, -0.2) is 9.28 Å². The van der Waals surface area contributed by atoms with E-state index in [-0.39, 0.29) is 48.4 Å². The maximum atomic E-state index is 13.2. The van der Waals surface area contributed by atoms with Gasteiger partial charge >= 0.3 is 11.9 Å². The Kier molecular flexibility index (Phi) is 10.5. The number of aliphatic hydroxyl groups is 1. The number of aromatic amines is 1. The first-order valence-corrected chi connectivity index (χ1v) is 16.0. The zero-order valence-electron chi connectivity index (χ0n) is 27.7. The number of carboxylic acids is 1. The van der Waals surface area contributed by atoms with Crippen molar-refractivity contribution in [2.75, 3.05) is 20.3 Å². The topological polar surface area (TPSA) is 212 Å². The van der Waals surface area contributed by atoms with Gasteiger partial charge in [0, 0.05) is 24.7 Å². The molecule has 2 heterocycles. The zero-order chi connectivity index (χ0) is 35.3. The second-order valence-corrected chi connectivity index (χ2v) is 12.6. The highest BCUT2D eigenvalue weighted by atomic mass is 17.0. The molecule has 2 aliphatic rings. The Labute approximate surface area is 282 Å². The van der Waals surface area contributed by atoms with Crippen molar-refractivity contribution in [2.45, 2.75) is 70.8 Å². The smallest absolute Gasteiger partial charge is 0.393 e. The van der Waals surface area contributed by atoms with Crippen LogP contribution in [0, 0.1) is 16.0 Å². The number of carbonyl (C=O) groups excluding carboxylic acids is 1. The number of aliphatic imine (C=N–C) groups is 1. The first-order valence-electron chi connectivity index (χ1n) is 16.0. The van der Waals surface area contributed by atoms with Gasteiger partial charge in [0.05, 0.1) is 12.0 Å². The Morgan fingerprint density at radius 2 is 1.80 bits per heavy atom. The van der Waals surface area contributed by atoms with E-state index < -0.39 is 40.8 Å². The van der Waals surface area contributed by atoms with Crippen LogP contribution in [0.3, 0.4) is 0 Å². The summed E-state index contributed by atoms with van der Waals surface area (Å²) < 4.78 is 10.7. The van der Waals surface area contributed by atoms with Crippen molar-refractivity contribution < 1.29 is 43.7 Å². The molecule has 0 saturated heterocycles. The van der Waals surface area contributed by atoms with Gasteiger partial charge in [0.15, 0.2) is 0 Å². The predicted octanol–water partition coefficient (Wildman–Crippen LogP) is 3.67. The molecule has 1 aromatic heterocycles. The van der Waals surface area contributed by atoms with E-state index >= 15 is 0 Å². The minimum absolute atomic E-state index is 0.0173. The van der Waals surface area contributed by atoms with Crippen LogP contribution in [0.15, 0.2) is 64.9 Å². The molecule has 0 radical (unpaired) electrons. The van der Waals surface area contributed by atoms with Gasteiger partial charge in [-0.1, -0.05) is 55.5 Å². The summed E-state index contributed by atoms with van der Waals surface area (Å²) in [7, 11) is 1.39. The number of hydrogen-bond acceptors (Lipinski definition) is 12. The van der Waals surface area contributed by atoms with Crippen LogP contribution in [0.5, 0.6) is 0 Å². The SMILES string of the molecule is CCCC1=NC(C(C)(C)O)=C(C(=O)O)[N+]1(CCOC(=O)[C@@H]1C[C@H](OC)[C@@H](O[N+](=O)[O-])C1)Cc1ccc(-c2ccccc2-c2nn[nH]n2)cc1. The summed E-state index contributed by atoms with van der Waals surface area (Å²) in [5.74, 6) is -1.56. The van der Waals surface area contributed by atoms with Crippen LogP contribution in [-0.2, 0) is 30.4 Å². The normalized spacial score (nSPS) is 22.2. The van der Waals surface area contributed by atoms with Crippen molar-refractivity contribution in [1.29, 1.82) is 0 Å². The van der Waals surface area contributed by atoms with Gasteiger partial charge in [-0.15, -0.1) is 20.3 Å². The van der Waals surface area contributed by atoms with E-state index in [2.05, 4.69) is 20.6 Å². The number of amidine groups is 1. The van der Waals surface area contributed by atoms with Gasteiger partial charge in [0.2, 0.25) is 17.4 Å². The summed E-state index contributed by atoms with van der Waals surface area (Å²) in [5.41, 5.74) is 1.70. The number of nitrogens with zero attached hydrogens (tertiary/aromatic N) is 6. The predicted molar refractivity (Wildman–Crippen MR) is 174 cm³/mol. The molecule has 49 heavy (non-hydrogen) atoms. The number of benzene rings is 2. The fraction of sp³-hybridized carbons (Fsp3) is 0.455.